The van der Waals surface area contributed by atoms with Gasteiger partial charge in [0.25, 0.3) is 26.0 Å². The molecule has 2 aromatic rings. The summed E-state index contributed by atoms with van der Waals surface area (Å²) in [6.07, 6.45) is 6.31. The van der Waals surface area contributed by atoms with Crippen molar-refractivity contribution in [2.45, 2.75) is 121 Å². The Morgan fingerprint density at radius 1 is 0.967 bits per heavy atom. The number of nitrogens with zero attached hydrogens (tertiary/aromatic N) is 3. The van der Waals surface area contributed by atoms with Gasteiger partial charge in [0.05, 0.1) is 4.90 Å². The van der Waals surface area contributed by atoms with Crippen molar-refractivity contribution in [1.29, 1.82) is 0 Å². The molecule has 1 aliphatic heterocycles. The first-order chi connectivity index (χ1) is 27.8. The Balaban J connectivity index is 1.25. The average Bonchev–Trinajstić information content (AvgIpc) is 3.78. The lowest BCUT2D eigenvalue weighted by atomic mass is 9.73. The summed E-state index contributed by atoms with van der Waals surface area (Å²) < 4.78 is 56.6. The Morgan fingerprint density at radius 2 is 1.60 bits per heavy atom. The number of fused-ring (bicyclic) bond motifs is 1. The number of hydrogen-bond acceptors (Lipinski definition) is 9. The zero-order valence-corrected chi connectivity index (χ0v) is 37.8. The largest absolute Gasteiger partial charge is 0.339 e. The summed E-state index contributed by atoms with van der Waals surface area (Å²) in [4.78, 5) is 63.0. The van der Waals surface area contributed by atoms with Crippen LogP contribution in [0.3, 0.4) is 0 Å². The predicted octanol–water partition coefficient (Wildman–Crippen LogP) is 4.19. The molecule has 6 rings (SSSR count). The highest BCUT2D eigenvalue weighted by Gasteiger charge is 2.85. The van der Waals surface area contributed by atoms with E-state index in [9.17, 15) is 36.0 Å². The number of sulfonamides is 2. The molecule has 15 nitrogen and oxygen atoms in total. The molecule has 6 atom stereocenters. The third-order valence-electron chi connectivity index (χ3n) is 14.7. The maximum atomic E-state index is 14.9. The Hall–Kier alpha value is -4.35. The standard InChI is InChI=1S/C43H61N7O8S2/c1-11-40(9)26-43(40,36(53)48-59(55,56)29-18-13-12-14-19-29)47-34(51)30-24-42(39(7,8)41(42)21-17-22-41)27-50(30)35(52)33(28(2)3)46-37(54)45-31(38(4,5)6)25-49(10)60(57,58)32-20-15-16-23-44-32/h11-16,18-20,23,28,30-31,33H,1,17,21-22,24-27H2,2-10H3,(H,47,51)(H,48,53)(H2,45,46,54)/t30-,31+,33-,40+,42+,43-/m0/s1. The van der Waals surface area contributed by atoms with Gasteiger partial charge in [-0.2, -0.15) is 4.31 Å². The monoisotopic (exact) mass is 867 g/mol. The second-order valence-corrected chi connectivity index (χ2v) is 23.2. The molecule has 328 valence electrons. The first-order valence-corrected chi connectivity index (χ1v) is 23.5. The smallest absolute Gasteiger partial charge is 0.315 e. The zero-order valence-electron chi connectivity index (χ0n) is 36.2. The third-order valence-corrected chi connectivity index (χ3v) is 17.7. The quantitative estimate of drug-likeness (QED) is 0.201. The zero-order chi connectivity index (χ0) is 44.5. The Kier molecular flexibility index (Phi) is 11.5. The number of hydrogen-bond donors (Lipinski definition) is 4. The number of carbonyl (C=O) groups is 4. The summed E-state index contributed by atoms with van der Waals surface area (Å²) in [5.74, 6) is -2.39. The molecular weight excluding hydrogens is 807 g/mol. The fraction of sp³-hybridized carbons (Fsp3) is 0.605. The second-order valence-electron chi connectivity index (χ2n) is 19.5. The van der Waals surface area contributed by atoms with Gasteiger partial charge in [0, 0.05) is 43.2 Å². The van der Waals surface area contributed by atoms with Crippen LogP contribution in [0.1, 0.15) is 87.5 Å². The van der Waals surface area contributed by atoms with E-state index >= 15 is 0 Å². The van der Waals surface area contributed by atoms with Crippen LogP contribution in [-0.2, 0) is 34.4 Å². The number of rotatable bonds is 14. The maximum absolute atomic E-state index is 14.9. The number of likely N-dealkylation sites (tertiary alicyclic amines) is 1. The molecule has 2 heterocycles. The molecule has 2 spiro atoms. The third kappa shape index (κ3) is 7.31. The number of nitrogens with one attached hydrogen (secondary N) is 4. The Labute approximate surface area is 355 Å². The van der Waals surface area contributed by atoms with Gasteiger partial charge in [-0.25, -0.2) is 31.3 Å². The van der Waals surface area contributed by atoms with Crippen molar-refractivity contribution in [2.24, 2.45) is 33.0 Å². The van der Waals surface area contributed by atoms with E-state index in [-0.39, 0.29) is 40.3 Å². The molecular formula is C43H61N7O8S2. The minimum Gasteiger partial charge on any atom is -0.339 e. The van der Waals surface area contributed by atoms with E-state index in [1.807, 2.05) is 20.8 Å². The number of urea groups is 1. The van der Waals surface area contributed by atoms with Crippen LogP contribution in [0, 0.1) is 33.0 Å². The normalized spacial score (nSPS) is 27.4. The van der Waals surface area contributed by atoms with Gasteiger partial charge in [0.15, 0.2) is 5.03 Å². The van der Waals surface area contributed by atoms with Crippen LogP contribution < -0.4 is 20.7 Å². The van der Waals surface area contributed by atoms with Crippen LogP contribution in [0.25, 0.3) is 0 Å². The van der Waals surface area contributed by atoms with Crippen molar-refractivity contribution in [2.75, 3.05) is 20.1 Å². The van der Waals surface area contributed by atoms with E-state index in [1.165, 1.54) is 37.5 Å². The second kappa shape index (κ2) is 15.2. The molecule has 3 aliphatic carbocycles. The van der Waals surface area contributed by atoms with Gasteiger partial charge in [0.1, 0.15) is 17.6 Å². The molecule has 1 saturated heterocycles. The minimum atomic E-state index is -4.28. The molecule has 0 bridgehead atoms. The summed E-state index contributed by atoms with van der Waals surface area (Å²) in [5.41, 5.74) is -3.90. The highest BCUT2D eigenvalue weighted by molar-refractivity contribution is 7.90. The van der Waals surface area contributed by atoms with Crippen molar-refractivity contribution >= 4 is 43.8 Å². The maximum Gasteiger partial charge on any atom is 0.315 e. The number of benzene rings is 1. The molecule has 4 N–H and O–H groups in total. The van der Waals surface area contributed by atoms with Crippen LogP contribution in [0.15, 0.2) is 77.3 Å². The van der Waals surface area contributed by atoms with E-state index in [1.54, 1.807) is 56.0 Å². The first kappa shape index (κ1) is 45.2. The summed E-state index contributed by atoms with van der Waals surface area (Å²) >= 11 is 0. The van der Waals surface area contributed by atoms with Crippen LogP contribution in [0.4, 0.5) is 4.79 Å². The molecule has 60 heavy (non-hydrogen) atoms. The van der Waals surface area contributed by atoms with E-state index in [0.717, 1.165) is 23.6 Å². The molecule has 4 aliphatic rings. The number of carbonyl (C=O) groups excluding carboxylic acids is 4. The molecule has 0 unspecified atom stereocenters. The minimum absolute atomic E-state index is 0.0682. The molecule has 17 heteroatoms. The van der Waals surface area contributed by atoms with E-state index < -0.39 is 89.6 Å². The summed E-state index contributed by atoms with van der Waals surface area (Å²) in [6.45, 7) is 19.3. The number of amides is 5. The van der Waals surface area contributed by atoms with E-state index in [2.05, 4.69) is 46.1 Å². The SMILES string of the molecule is C=C[C@]1(C)C[C@]1(NC(=O)[C@@H]1C[C@@]2(CN1C(=O)[C@@H](NC(=O)N[C@H](CN(C)S(=O)(=O)c1ccccn1)C(C)(C)C)C(C)C)C(C)(C)C21CCC1)C(=O)NS(=O)(=O)c1ccccc1. The lowest BCUT2D eigenvalue weighted by Gasteiger charge is -2.35. The molecule has 5 amide bonds. The number of likely N-dealkylation sites (N-methyl/N-ethyl adjacent to an activating group) is 1. The van der Waals surface area contributed by atoms with E-state index in [4.69, 9.17) is 0 Å². The molecule has 0 radical (unpaired) electrons. The predicted molar refractivity (Wildman–Crippen MR) is 226 cm³/mol. The van der Waals surface area contributed by atoms with Crippen molar-refractivity contribution in [3.63, 3.8) is 0 Å². The molecule has 1 aromatic heterocycles. The van der Waals surface area contributed by atoms with Gasteiger partial charge in [-0.1, -0.05) is 92.2 Å². The van der Waals surface area contributed by atoms with Gasteiger partial charge in [-0.05, 0) is 72.1 Å². The summed E-state index contributed by atoms with van der Waals surface area (Å²) in [6, 6.07) is 8.57. The molecule has 1 aromatic carbocycles. The number of pyridine rings is 1. The number of aromatic nitrogens is 1. The summed E-state index contributed by atoms with van der Waals surface area (Å²) in [7, 11) is -6.85. The lowest BCUT2D eigenvalue weighted by molar-refractivity contribution is -0.141. The average molecular weight is 868 g/mol. The molecule has 4 fully saturated rings. The van der Waals surface area contributed by atoms with E-state index in [0.29, 0.717) is 6.42 Å². The van der Waals surface area contributed by atoms with Crippen molar-refractivity contribution < 1.29 is 36.0 Å². The highest BCUT2D eigenvalue weighted by atomic mass is 32.2. The van der Waals surface area contributed by atoms with Crippen molar-refractivity contribution in [3.8, 4) is 0 Å². The van der Waals surface area contributed by atoms with Gasteiger partial charge in [-0.3, -0.25) is 14.4 Å². The highest BCUT2D eigenvalue weighted by Crippen LogP contribution is 2.88. The van der Waals surface area contributed by atoms with Crippen LogP contribution >= 0.6 is 0 Å². The summed E-state index contributed by atoms with van der Waals surface area (Å²) in [5, 5.41) is 8.57. The van der Waals surface area contributed by atoms with Gasteiger partial charge >= 0.3 is 6.03 Å². The van der Waals surface area contributed by atoms with Crippen LogP contribution in [0.5, 0.6) is 0 Å². The Bertz CT molecular complexity index is 2260. The Morgan fingerprint density at radius 3 is 2.10 bits per heavy atom. The van der Waals surface area contributed by atoms with Crippen LogP contribution in [0.2, 0.25) is 0 Å². The van der Waals surface area contributed by atoms with Gasteiger partial charge in [0.2, 0.25) is 11.8 Å². The topological polar surface area (TPSA) is 204 Å². The fourth-order valence-electron chi connectivity index (χ4n) is 10.1. The van der Waals surface area contributed by atoms with Gasteiger partial charge < -0.3 is 20.9 Å². The first-order valence-electron chi connectivity index (χ1n) is 20.6. The van der Waals surface area contributed by atoms with Crippen molar-refractivity contribution in [3.05, 3.63) is 67.4 Å². The molecule has 3 saturated carbocycles. The van der Waals surface area contributed by atoms with Gasteiger partial charge in [-0.15, -0.1) is 6.58 Å². The fourth-order valence-corrected chi connectivity index (χ4v) is 12.3. The van der Waals surface area contributed by atoms with Crippen LogP contribution in [-0.4, -0.2) is 98.6 Å². The lowest BCUT2D eigenvalue weighted by Crippen LogP contribution is -2.61. The van der Waals surface area contributed by atoms with Crippen molar-refractivity contribution in [1.82, 2.24) is 34.9 Å².